The third-order valence-corrected chi connectivity index (χ3v) is 2.85. The number of hydrogen-bond donors (Lipinski definition) is 3. The van der Waals surface area contributed by atoms with Crippen LogP contribution in [-0.4, -0.2) is 34.5 Å². The summed E-state index contributed by atoms with van der Waals surface area (Å²) in [6.45, 7) is 11.0. The lowest BCUT2D eigenvalue weighted by molar-refractivity contribution is 0.0502. The second kappa shape index (κ2) is 7.28. The normalized spacial score (nSPS) is 13.1. The van der Waals surface area contributed by atoms with Crippen molar-refractivity contribution in [2.45, 2.75) is 59.2 Å². The number of nitrogens with one attached hydrogen (secondary N) is 3. The zero-order valence-corrected chi connectivity index (χ0v) is 13.0. The Morgan fingerprint density at radius 2 is 2.20 bits per heavy atom. The molecule has 0 saturated carbocycles. The molecular formula is C14H26N4O2. The molecule has 0 aliphatic heterocycles. The third-order valence-electron chi connectivity index (χ3n) is 2.85. The molecule has 0 aromatic carbocycles. The van der Waals surface area contributed by atoms with E-state index in [0.29, 0.717) is 6.54 Å². The quantitative estimate of drug-likeness (QED) is 0.746. The van der Waals surface area contributed by atoms with Crippen molar-refractivity contribution in [3.63, 3.8) is 0 Å². The first-order valence-corrected chi connectivity index (χ1v) is 7.01. The van der Waals surface area contributed by atoms with Crippen molar-refractivity contribution < 1.29 is 9.53 Å². The van der Waals surface area contributed by atoms with Gasteiger partial charge in [0.1, 0.15) is 5.60 Å². The number of H-pyrrole nitrogens is 1. The predicted molar refractivity (Wildman–Crippen MR) is 78.5 cm³/mol. The molecule has 3 N–H and O–H groups in total. The molecule has 1 atom stereocenters. The van der Waals surface area contributed by atoms with E-state index in [-0.39, 0.29) is 12.1 Å². The number of alkyl carbamates (subject to hydrolysis) is 1. The molecule has 0 aliphatic carbocycles. The minimum atomic E-state index is -0.469. The molecule has 20 heavy (non-hydrogen) atoms. The monoisotopic (exact) mass is 282 g/mol. The van der Waals surface area contributed by atoms with Gasteiger partial charge in [0.25, 0.3) is 0 Å². The average molecular weight is 282 g/mol. The van der Waals surface area contributed by atoms with E-state index in [1.54, 1.807) is 0 Å². The number of aromatic nitrogens is 2. The van der Waals surface area contributed by atoms with Crippen molar-refractivity contribution in [2.24, 2.45) is 0 Å². The molecule has 1 aromatic rings. The molecule has 1 aromatic heterocycles. The van der Waals surface area contributed by atoms with Gasteiger partial charge in [0.15, 0.2) is 0 Å². The average Bonchev–Trinajstić information content (AvgIpc) is 2.71. The van der Waals surface area contributed by atoms with Crippen LogP contribution in [0.1, 0.15) is 45.4 Å². The van der Waals surface area contributed by atoms with Gasteiger partial charge in [0.2, 0.25) is 0 Å². The summed E-state index contributed by atoms with van der Waals surface area (Å²) >= 11 is 0. The SMILES string of the molecule is CCC(CNCc1cn[nH]c1C)NC(=O)OC(C)(C)C. The first kappa shape index (κ1) is 16.5. The van der Waals surface area contributed by atoms with Crippen LogP contribution >= 0.6 is 0 Å². The highest BCUT2D eigenvalue weighted by Gasteiger charge is 2.18. The van der Waals surface area contributed by atoms with E-state index in [1.807, 2.05) is 40.8 Å². The highest BCUT2D eigenvalue weighted by Crippen LogP contribution is 2.07. The maximum absolute atomic E-state index is 11.7. The standard InChI is InChI=1S/C14H26N4O2/c1-6-12(17-13(19)20-14(3,4)5)9-15-7-11-8-16-18-10(11)2/h8,12,15H,6-7,9H2,1-5H3,(H,16,18)(H,17,19). The maximum atomic E-state index is 11.7. The summed E-state index contributed by atoms with van der Waals surface area (Å²) in [5, 5.41) is 13.1. The Morgan fingerprint density at radius 3 is 2.70 bits per heavy atom. The Labute approximate surface area is 120 Å². The summed E-state index contributed by atoms with van der Waals surface area (Å²) in [7, 11) is 0. The summed E-state index contributed by atoms with van der Waals surface area (Å²) in [6.07, 6.45) is 2.28. The Balaban J connectivity index is 2.32. The van der Waals surface area contributed by atoms with Gasteiger partial charge in [-0.2, -0.15) is 5.10 Å². The van der Waals surface area contributed by atoms with Gasteiger partial charge >= 0.3 is 6.09 Å². The van der Waals surface area contributed by atoms with Gasteiger partial charge < -0.3 is 15.4 Å². The number of carbonyl (C=O) groups is 1. The van der Waals surface area contributed by atoms with E-state index in [0.717, 1.165) is 24.2 Å². The van der Waals surface area contributed by atoms with Crippen molar-refractivity contribution in [3.05, 3.63) is 17.5 Å². The summed E-state index contributed by atoms with van der Waals surface area (Å²) in [6, 6.07) is 0.0528. The summed E-state index contributed by atoms with van der Waals surface area (Å²) < 4.78 is 5.25. The number of hydrogen-bond acceptors (Lipinski definition) is 4. The first-order valence-electron chi connectivity index (χ1n) is 7.01. The van der Waals surface area contributed by atoms with E-state index in [1.165, 1.54) is 0 Å². The van der Waals surface area contributed by atoms with Gasteiger partial charge in [0.05, 0.1) is 6.20 Å². The largest absolute Gasteiger partial charge is 0.444 e. The Kier molecular flexibility index (Phi) is 6.01. The van der Waals surface area contributed by atoms with E-state index >= 15 is 0 Å². The van der Waals surface area contributed by atoms with Crippen molar-refractivity contribution in [3.8, 4) is 0 Å². The van der Waals surface area contributed by atoms with Gasteiger partial charge in [-0.1, -0.05) is 6.92 Å². The summed E-state index contributed by atoms with van der Waals surface area (Å²) in [5.74, 6) is 0. The van der Waals surface area contributed by atoms with Crippen molar-refractivity contribution in [2.75, 3.05) is 6.54 Å². The van der Waals surface area contributed by atoms with Crippen LogP contribution in [-0.2, 0) is 11.3 Å². The van der Waals surface area contributed by atoms with E-state index in [4.69, 9.17) is 4.74 Å². The highest BCUT2D eigenvalue weighted by atomic mass is 16.6. The zero-order chi connectivity index (χ0) is 15.2. The molecule has 6 heteroatoms. The van der Waals surface area contributed by atoms with Crippen LogP contribution in [0.25, 0.3) is 0 Å². The topological polar surface area (TPSA) is 79.0 Å². The molecule has 1 heterocycles. The van der Waals surface area contributed by atoms with Gasteiger partial charge in [0, 0.05) is 30.4 Å². The number of carbonyl (C=O) groups excluding carboxylic acids is 1. The molecule has 1 unspecified atom stereocenters. The Hall–Kier alpha value is -1.56. The summed E-state index contributed by atoms with van der Waals surface area (Å²) in [5.41, 5.74) is 1.73. The molecule has 6 nitrogen and oxygen atoms in total. The second-order valence-corrected chi connectivity index (χ2v) is 5.90. The predicted octanol–water partition coefficient (Wildman–Crippen LogP) is 2.11. The van der Waals surface area contributed by atoms with Gasteiger partial charge in [-0.25, -0.2) is 4.79 Å². The number of ether oxygens (including phenoxy) is 1. The van der Waals surface area contributed by atoms with Gasteiger partial charge in [-0.05, 0) is 34.1 Å². The van der Waals surface area contributed by atoms with E-state index in [9.17, 15) is 4.79 Å². The minimum Gasteiger partial charge on any atom is -0.444 e. The molecule has 114 valence electrons. The van der Waals surface area contributed by atoms with Crippen molar-refractivity contribution >= 4 is 6.09 Å². The van der Waals surface area contributed by atoms with Crippen LogP contribution in [0.15, 0.2) is 6.20 Å². The lowest BCUT2D eigenvalue weighted by Crippen LogP contribution is -2.43. The fourth-order valence-electron chi connectivity index (χ4n) is 1.71. The zero-order valence-electron chi connectivity index (χ0n) is 13.0. The van der Waals surface area contributed by atoms with Gasteiger partial charge in [-0.3, -0.25) is 5.10 Å². The molecule has 1 rings (SSSR count). The van der Waals surface area contributed by atoms with Crippen LogP contribution in [0.3, 0.4) is 0 Å². The Bertz CT molecular complexity index is 423. The van der Waals surface area contributed by atoms with E-state index < -0.39 is 5.60 Å². The van der Waals surface area contributed by atoms with E-state index in [2.05, 4.69) is 20.8 Å². The highest BCUT2D eigenvalue weighted by molar-refractivity contribution is 5.68. The number of amides is 1. The first-order chi connectivity index (χ1) is 9.31. The van der Waals surface area contributed by atoms with Crippen LogP contribution in [0.2, 0.25) is 0 Å². The fourth-order valence-corrected chi connectivity index (χ4v) is 1.71. The lowest BCUT2D eigenvalue weighted by atomic mass is 10.2. The van der Waals surface area contributed by atoms with Crippen molar-refractivity contribution in [1.82, 2.24) is 20.8 Å². The van der Waals surface area contributed by atoms with Crippen LogP contribution in [0.5, 0.6) is 0 Å². The van der Waals surface area contributed by atoms with Crippen LogP contribution in [0, 0.1) is 6.92 Å². The molecule has 0 spiro atoms. The third kappa shape index (κ3) is 6.06. The molecule has 1 amide bonds. The number of nitrogens with zero attached hydrogens (tertiary/aromatic N) is 1. The molecule has 0 radical (unpaired) electrons. The van der Waals surface area contributed by atoms with Crippen LogP contribution < -0.4 is 10.6 Å². The Morgan fingerprint density at radius 1 is 1.50 bits per heavy atom. The maximum Gasteiger partial charge on any atom is 0.407 e. The molecular weight excluding hydrogens is 256 g/mol. The number of rotatable bonds is 6. The minimum absolute atomic E-state index is 0.0528. The van der Waals surface area contributed by atoms with Crippen molar-refractivity contribution in [1.29, 1.82) is 0 Å². The fraction of sp³-hybridized carbons (Fsp3) is 0.714. The number of aryl methyl sites for hydroxylation is 1. The molecule has 0 saturated heterocycles. The lowest BCUT2D eigenvalue weighted by Gasteiger charge is -2.23. The second-order valence-electron chi connectivity index (χ2n) is 5.90. The molecule has 0 fully saturated rings. The van der Waals surface area contributed by atoms with Gasteiger partial charge in [-0.15, -0.1) is 0 Å². The van der Waals surface area contributed by atoms with Crippen LogP contribution in [0.4, 0.5) is 4.79 Å². The molecule has 0 aliphatic rings. The summed E-state index contributed by atoms with van der Waals surface area (Å²) in [4.78, 5) is 11.7. The molecule has 0 bridgehead atoms. The number of aromatic amines is 1. The smallest absolute Gasteiger partial charge is 0.407 e.